The number of amides is 1. The third kappa shape index (κ3) is 3.53. The first kappa shape index (κ1) is 19.3. The molecule has 0 radical (unpaired) electrons. The maximum atomic E-state index is 13.1. The van der Waals surface area contributed by atoms with Gasteiger partial charge in [0.2, 0.25) is 0 Å². The fourth-order valence-corrected chi connectivity index (χ4v) is 2.92. The first-order chi connectivity index (χ1) is 13.2. The van der Waals surface area contributed by atoms with Crippen molar-refractivity contribution in [1.29, 1.82) is 0 Å². The van der Waals surface area contributed by atoms with Gasteiger partial charge in [-0.2, -0.15) is 0 Å². The molecule has 0 bridgehead atoms. The van der Waals surface area contributed by atoms with Gasteiger partial charge in [-0.25, -0.2) is 14.2 Å². The number of ether oxygens (including phenoxy) is 1. The van der Waals surface area contributed by atoms with Gasteiger partial charge in [-0.1, -0.05) is 0 Å². The zero-order valence-electron chi connectivity index (χ0n) is 15.9. The lowest BCUT2D eigenvalue weighted by Gasteiger charge is -2.11. The van der Waals surface area contributed by atoms with Crippen molar-refractivity contribution in [3.05, 3.63) is 53.1 Å². The Labute approximate surface area is 160 Å². The number of carbonyl (C=O) groups excluding carboxylic acids is 1. The Bertz CT molecular complexity index is 1070. The zero-order chi connectivity index (χ0) is 20.6. The van der Waals surface area contributed by atoms with Crippen LogP contribution in [0, 0.1) is 12.7 Å². The molecular weight excluding hydrogens is 365 g/mol. The Kier molecular flexibility index (Phi) is 5.04. The second-order valence-electron chi connectivity index (χ2n) is 6.66. The molecule has 0 fully saturated rings. The summed E-state index contributed by atoms with van der Waals surface area (Å²) in [7, 11) is 1.60. The molecule has 28 heavy (non-hydrogen) atoms. The van der Waals surface area contributed by atoms with Crippen molar-refractivity contribution in [2.24, 2.45) is 7.05 Å². The van der Waals surface area contributed by atoms with Crippen LogP contribution in [0.15, 0.2) is 30.3 Å². The molecule has 3 aromatic rings. The van der Waals surface area contributed by atoms with Gasteiger partial charge in [-0.15, -0.1) is 0 Å². The summed E-state index contributed by atoms with van der Waals surface area (Å²) >= 11 is 0. The van der Waals surface area contributed by atoms with E-state index in [1.807, 2.05) is 0 Å². The van der Waals surface area contributed by atoms with Crippen molar-refractivity contribution in [3.63, 3.8) is 0 Å². The predicted molar refractivity (Wildman–Crippen MR) is 103 cm³/mol. The highest BCUT2D eigenvalue weighted by Gasteiger charge is 2.25. The maximum Gasteiger partial charge on any atom is 0.356 e. The van der Waals surface area contributed by atoms with Crippen LogP contribution in [0.2, 0.25) is 0 Å². The van der Waals surface area contributed by atoms with Crippen molar-refractivity contribution < 1.29 is 23.8 Å². The Morgan fingerprint density at radius 1 is 1.25 bits per heavy atom. The molecule has 2 N–H and O–H groups in total. The molecule has 0 aliphatic heterocycles. The molecule has 1 aromatic carbocycles. The number of nitrogens with one attached hydrogen (secondary N) is 1. The van der Waals surface area contributed by atoms with Gasteiger partial charge in [0.05, 0.1) is 22.9 Å². The average Bonchev–Trinajstić information content (AvgIpc) is 2.87. The van der Waals surface area contributed by atoms with Crippen molar-refractivity contribution in [2.75, 3.05) is 5.32 Å². The van der Waals surface area contributed by atoms with Crippen LogP contribution in [0.1, 0.15) is 40.4 Å². The monoisotopic (exact) mass is 385 g/mol. The second-order valence-corrected chi connectivity index (χ2v) is 6.66. The molecule has 2 heterocycles. The Hall–Kier alpha value is -3.42. The van der Waals surface area contributed by atoms with Gasteiger partial charge in [0.15, 0.2) is 11.4 Å². The number of carbonyl (C=O) groups is 2. The molecule has 7 nitrogen and oxygen atoms in total. The molecule has 0 aliphatic rings. The molecule has 0 aliphatic carbocycles. The van der Waals surface area contributed by atoms with E-state index in [1.54, 1.807) is 33.9 Å². The van der Waals surface area contributed by atoms with Crippen LogP contribution in [-0.4, -0.2) is 32.6 Å². The number of hydrogen-bond acceptors (Lipinski definition) is 4. The van der Waals surface area contributed by atoms with Crippen molar-refractivity contribution in [2.45, 2.75) is 26.9 Å². The van der Waals surface area contributed by atoms with Crippen molar-refractivity contribution in [3.8, 4) is 5.75 Å². The van der Waals surface area contributed by atoms with E-state index in [-0.39, 0.29) is 17.5 Å². The Balaban J connectivity index is 2.09. The summed E-state index contributed by atoms with van der Waals surface area (Å²) in [6.07, 6.45) is -0.248. The predicted octanol–water partition coefficient (Wildman–Crippen LogP) is 3.76. The summed E-state index contributed by atoms with van der Waals surface area (Å²) in [5.41, 5.74) is 1.64. The number of anilines is 1. The van der Waals surface area contributed by atoms with E-state index in [2.05, 4.69) is 10.3 Å². The van der Waals surface area contributed by atoms with Crippen molar-refractivity contribution in [1.82, 2.24) is 9.55 Å². The zero-order valence-corrected chi connectivity index (χ0v) is 15.9. The van der Waals surface area contributed by atoms with Gasteiger partial charge in [-0.3, -0.25) is 4.79 Å². The van der Waals surface area contributed by atoms with E-state index in [0.717, 1.165) is 0 Å². The summed E-state index contributed by atoms with van der Waals surface area (Å²) in [4.78, 5) is 28.6. The summed E-state index contributed by atoms with van der Waals surface area (Å²) in [6, 6.07) is 6.81. The van der Waals surface area contributed by atoms with Gasteiger partial charge in [-0.05, 0) is 51.1 Å². The van der Waals surface area contributed by atoms with Gasteiger partial charge in [0, 0.05) is 12.6 Å². The number of benzene rings is 1. The highest BCUT2D eigenvalue weighted by molar-refractivity contribution is 6.06. The molecule has 0 spiro atoms. The topological polar surface area (TPSA) is 93.4 Å². The molecule has 3 rings (SSSR count). The summed E-state index contributed by atoms with van der Waals surface area (Å²) in [5.74, 6) is -1.79. The average molecular weight is 385 g/mol. The van der Waals surface area contributed by atoms with Gasteiger partial charge in [0.25, 0.3) is 5.91 Å². The molecule has 0 unspecified atom stereocenters. The van der Waals surface area contributed by atoms with Gasteiger partial charge in [0.1, 0.15) is 11.5 Å². The van der Waals surface area contributed by atoms with Crippen LogP contribution in [0.3, 0.4) is 0 Å². The SMILES string of the molecule is Cc1nc2c(cc1NC(=O)c1ccc(F)cc1)c(OC(C)C)c(C(=O)O)n2C. The number of aromatic carboxylic acids is 1. The third-order valence-electron chi connectivity index (χ3n) is 4.22. The number of fused-ring (bicyclic) bond motifs is 1. The number of pyridine rings is 1. The molecule has 2 aromatic heterocycles. The highest BCUT2D eigenvalue weighted by atomic mass is 19.1. The number of nitrogens with zero attached hydrogens (tertiary/aromatic N) is 2. The molecular formula is C20H20FN3O4. The van der Waals surface area contributed by atoms with E-state index < -0.39 is 17.7 Å². The van der Waals surface area contributed by atoms with Crippen LogP contribution in [0.25, 0.3) is 11.0 Å². The van der Waals surface area contributed by atoms with E-state index in [1.165, 1.54) is 28.8 Å². The smallest absolute Gasteiger partial charge is 0.356 e. The first-order valence-electron chi connectivity index (χ1n) is 8.66. The van der Waals surface area contributed by atoms with Gasteiger partial charge >= 0.3 is 5.97 Å². The lowest BCUT2D eigenvalue weighted by molar-refractivity contribution is 0.0680. The van der Waals surface area contributed by atoms with Gasteiger partial charge < -0.3 is 19.7 Å². The Morgan fingerprint density at radius 2 is 1.89 bits per heavy atom. The summed E-state index contributed by atoms with van der Waals surface area (Å²) in [5, 5.41) is 12.8. The number of carboxylic acids is 1. The standard InChI is InChI=1S/C20H20FN3O4/c1-10(2)28-17-14-9-15(23-19(25)12-5-7-13(21)8-6-12)11(3)22-18(14)24(4)16(17)20(26)27/h5-10H,1-4H3,(H,23,25)(H,26,27). The van der Waals surface area contributed by atoms with Crippen LogP contribution in [-0.2, 0) is 7.05 Å². The molecule has 146 valence electrons. The normalized spacial score (nSPS) is 11.1. The molecule has 0 saturated carbocycles. The van der Waals surface area contributed by atoms with Crippen LogP contribution in [0.5, 0.6) is 5.75 Å². The minimum atomic E-state index is -1.13. The van der Waals surface area contributed by atoms with Crippen LogP contribution >= 0.6 is 0 Å². The fraction of sp³-hybridized carbons (Fsp3) is 0.250. The quantitative estimate of drug-likeness (QED) is 0.698. The van der Waals surface area contributed by atoms with E-state index >= 15 is 0 Å². The van der Waals surface area contributed by atoms with E-state index in [4.69, 9.17) is 4.74 Å². The number of aryl methyl sites for hydroxylation is 2. The maximum absolute atomic E-state index is 13.1. The van der Waals surface area contributed by atoms with E-state index in [0.29, 0.717) is 28.0 Å². The lowest BCUT2D eigenvalue weighted by atomic mass is 10.2. The second kappa shape index (κ2) is 7.30. The van der Waals surface area contributed by atoms with Crippen LogP contribution in [0.4, 0.5) is 10.1 Å². The molecule has 0 saturated heterocycles. The molecule has 8 heteroatoms. The third-order valence-corrected chi connectivity index (χ3v) is 4.22. The fourth-order valence-electron chi connectivity index (χ4n) is 2.92. The molecule has 0 atom stereocenters. The first-order valence-corrected chi connectivity index (χ1v) is 8.66. The number of carboxylic acid groups (broad SMARTS) is 1. The number of aromatic nitrogens is 2. The highest BCUT2D eigenvalue weighted by Crippen LogP contribution is 2.35. The van der Waals surface area contributed by atoms with Crippen LogP contribution < -0.4 is 10.1 Å². The minimum Gasteiger partial charge on any atom is -0.488 e. The number of rotatable bonds is 5. The minimum absolute atomic E-state index is 0.0161. The largest absolute Gasteiger partial charge is 0.488 e. The number of halogens is 1. The summed E-state index contributed by atoms with van der Waals surface area (Å²) < 4.78 is 20.3. The number of hydrogen-bond donors (Lipinski definition) is 2. The van der Waals surface area contributed by atoms with E-state index in [9.17, 15) is 19.1 Å². The summed E-state index contributed by atoms with van der Waals surface area (Å²) in [6.45, 7) is 5.29. The lowest BCUT2D eigenvalue weighted by Crippen LogP contribution is -2.13. The Morgan fingerprint density at radius 3 is 2.46 bits per heavy atom. The molecule has 1 amide bonds. The van der Waals surface area contributed by atoms with Crippen molar-refractivity contribution >= 4 is 28.6 Å².